The van der Waals surface area contributed by atoms with Crippen LogP contribution in [0.25, 0.3) is 0 Å². The van der Waals surface area contributed by atoms with Crippen LogP contribution in [0.5, 0.6) is 0 Å². The molecule has 0 fully saturated rings. The summed E-state index contributed by atoms with van der Waals surface area (Å²) in [6.07, 6.45) is 3.01. The third kappa shape index (κ3) is 5.77. The van der Waals surface area contributed by atoms with Crippen molar-refractivity contribution in [3.05, 3.63) is 29.3 Å². The van der Waals surface area contributed by atoms with Gasteiger partial charge in [-0.15, -0.1) is 0 Å². The first kappa shape index (κ1) is 18.1. The van der Waals surface area contributed by atoms with E-state index in [4.69, 9.17) is 5.73 Å². The summed E-state index contributed by atoms with van der Waals surface area (Å²) in [5, 5.41) is 0. The number of nitrogens with one attached hydrogen (secondary N) is 1. The molecule has 4 nitrogen and oxygen atoms in total. The van der Waals surface area contributed by atoms with Gasteiger partial charge in [0.1, 0.15) is 0 Å². The van der Waals surface area contributed by atoms with Gasteiger partial charge in [0, 0.05) is 12.6 Å². The highest BCUT2D eigenvalue weighted by molar-refractivity contribution is 7.89. The van der Waals surface area contributed by atoms with E-state index < -0.39 is 10.0 Å². The van der Waals surface area contributed by atoms with E-state index in [1.165, 1.54) is 0 Å². The van der Waals surface area contributed by atoms with Gasteiger partial charge in [0.15, 0.2) is 0 Å². The number of sulfonamides is 1. The fourth-order valence-electron chi connectivity index (χ4n) is 2.36. The Hall–Kier alpha value is -0.910. The molecular weight excluding hydrogens is 284 g/mol. The van der Waals surface area contributed by atoms with Crippen LogP contribution in [-0.2, 0) is 16.6 Å². The number of benzene rings is 1. The molecule has 5 heteroatoms. The SMILES string of the molecule is Cc1cc(CN)ccc1S(=O)(=O)NC(C)CCCC(C)C. The molecule has 0 aliphatic carbocycles. The molecule has 0 bridgehead atoms. The summed E-state index contributed by atoms with van der Waals surface area (Å²) in [5.74, 6) is 0.653. The molecule has 1 rings (SSSR count). The minimum Gasteiger partial charge on any atom is -0.326 e. The molecule has 0 aliphatic rings. The van der Waals surface area contributed by atoms with Crippen LogP contribution in [-0.4, -0.2) is 14.5 Å². The second-order valence-corrected chi connectivity index (χ2v) is 7.83. The van der Waals surface area contributed by atoms with Gasteiger partial charge in [-0.3, -0.25) is 0 Å². The quantitative estimate of drug-likeness (QED) is 0.775. The normalized spacial score (nSPS) is 13.6. The molecule has 0 heterocycles. The molecule has 3 N–H and O–H groups in total. The molecule has 0 saturated carbocycles. The highest BCUT2D eigenvalue weighted by Crippen LogP contribution is 2.18. The van der Waals surface area contributed by atoms with Crippen LogP contribution in [0.2, 0.25) is 0 Å². The van der Waals surface area contributed by atoms with Gasteiger partial charge >= 0.3 is 0 Å². The molecule has 21 heavy (non-hydrogen) atoms. The van der Waals surface area contributed by atoms with Crippen molar-refractivity contribution in [1.29, 1.82) is 0 Å². The maximum absolute atomic E-state index is 12.4. The smallest absolute Gasteiger partial charge is 0.241 e. The fraction of sp³-hybridized carbons (Fsp3) is 0.625. The van der Waals surface area contributed by atoms with Gasteiger partial charge in [0.2, 0.25) is 10.0 Å². The Morgan fingerprint density at radius 2 is 1.86 bits per heavy atom. The summed E-state index contributed by atoms with van der Waals surface area (Å²) >= 11 is 0. The molecule has 1 aromatic carbocycles. The van der Waals surface area contributed by atoms with Crippen molar-refractivity contribution in [3.63, 3.8) is 0 Å². The molecule has 0 radical (unpaired) electrons. The van der Waals surface area contributed by atoms with E-state index >= 15 is 0 Å². The predicted molar refractivity (Wildman–Crippen MR) is 87.5 cm³/mol. The Labute approximate surface area is 129 Å². The Balaban J connectivity index is 2.73. The van der Waals surface area contributed by atoms with Gasteiger partial charge in [-0.2, -0.15) is 0 Å². The minimum absolute atomic E-state index is 0.0534. The lowest BCUT2D eigenvalue weighted by atomic mass is 10.0. The highest BCUT2D eigenvalue weighted by Gasteiger charge is 2.19. The monoisotopic (exact) mass is 312 g/mol. The van der Waals surface area contributed by atoms with Crippen molar-refractivity contribution in [2.45, 2.75) is 64.4 Å². The molecule has 0 saturated heterocycles. The Morgan fingerprint density at radius 3 is 2.38 bits per heavy atom. The topological polar surface area (TPSA) is 72.2 Å². The van der Waals surface area contributed by atoms with Gasteiger partial charge in [0.05, 0.1) is 4.90 Å². The van der Waals surface area contributed by atoms with E-state index in [0.717, 1.165) is 30.4 Å². The van der Waals surface area contributed by atoms with E-state index in [9.17, 15) is 8.42 Å². The molecule has 0 aliphatic heterocycles. The lowest BCUT2D eigenvalue weighted by molar-refractivity contribution is 0.488. The molecule has 0 amide bonds. The number of hydrogen-bond acceptors (Lipinski definition) is 3. The molecule has 120 valence electrons. The first-order valence-electron chi connectivity index (χ1n) is 7.58. The van der Waals surface area contributed by atoms with Crippen molar-refractivity contribution in [2.75, 3.05) is 0 Å². The number of nitrogens with two attached hydrogens (primary N) is 1. The third-order valence-electron chi connectivity index (χ3n) is 3.54. The van der Waals surface area contributed by atoms with Crippen molar-refractivity contribution >= 4 is 10.0 Å². The van der Waals surface area contributed by atoms with Crippen LogP contribution in [0.4, 0.5) is 0 Å². The van der Waals surface area contributed by atoms with Crippen molar-refractivity contribution < 1.29 is 8.42 Å². The van der Waals surface area contributed by atoms with Crippen LogP contribution in [0.15, 0.2) is 23.1 Å². The van der Waals surface area contributed by atoms with Gasteiger partial charge in [-0.1, -0.05) is 38.8 Å². The van der Waals surface area contributed by atoms with Gasteiger partial charge in [-0.05, 0) is 43.4 Å². The molecule has 1 atom stereocenters. The van der Waals surface area contributed by atoms with Crippen molar-refractivity contribution in [3.8, 4) is 0 Å². The van der Waals surface area contributed by atoms with Crippen LogP contribution in [0, 0.1) is 12.8 Å². The maximum Gasteiger partial charge on any atom is 0.241 e. The van der Waals surface area contributed by atoms with Crippen molar-refractivity contribution in [2.24, 2.45) is 11.7 Å². The second-order valence-electron chi connectivity index (χ2n) is 6.15. The van der Waals surface area contributed by atoms with Gasteiger partial charge < -0.3 is 5.73 Å². The molecule has 1 aromatic rings. The number of hydrogen-bond donors (Lipinski definition) is 2. The average Bonchev–Trinajstić information content (AvgIpc) is 2.36. The highest BCUT2D eigenvalue weighted by atomic mass is 32.2. The zero-order chi connectivity index (χ0) is 16.0. The van der Waals surface area contributed by atoms with E-state index in [1.54, 1.807) is 19.1 Å². The Kier molecular flexibility index (Phi) is 6.84. The first-order chi connectivity index (χ1) is 9.76. The summed E-state index contributed by atoms with van der Waals surface area (Å²) < 4.78 is 27.6. The van der Waals surface area contributed by atoms with Crippen LogP contribution in [0.3, 0.4) is 0 Å². The zero-order valence-corrected chi connectivity index (χ0v) is 14.3. The van der Waals surface area contributed by atoms with Gasteiger partial charge in [0.25, 0.3) is 0 Å². The maximum atomic E-state index is 12.4. The summed E-state index contributed by atoms with van der Waals surface area (Å²) in [5.41, 5.74) is 7.25. The number of rotatable bonds is 8. The van der Waals surface area contributed by atoms with E-state index in [1.807, 2.05) is 13.0 Å². The van der Waals surface area contributed by atoms with Crippen LogP contribution >= 0.6 is 0 Å². The lowest BCUT2D eigenvalue weighted by Gasteiger charge is -2.16. The summed E-state index contributed by atoms with van der Waals surface area (Å²) in [6.45, 7) is 8.49. The standard InChI is InChI=1S/C16H28N2O2S/c1-12(2)6-5-7-14(4)18-21(19,20)16-9-8-15(11-17)10-13(16)3/h8-10,12,14,18H,5-7,11,17H2,1-4H3. The summed E-state index contributed by atoms with van der Waals surface area (Å²) in [7, 11) is -3.46. The Morgan fingerprint density at radius 1 is 1.19 bits per heavy atom. The summed E-state index contributed by atoms with van der Waals surface area (Å²) in [4.78, 5) is 0.343. The molecule has 0 spiro atoms. The van der Waals surface area contributed by atoms with Crippen LogP contribution < -0.4 is 10.5 Å². The first-order valence-corrected chi connectivity index (χ1v) is 9.06. The van der Waals surface area contributed by atoms with E-state index in [-0.39, 0.29) is 6.04 Å². The fourth-order valence-corrected chi connectivity index (χ4v) is 3.86. The Bertz CT molecular complexity index is 553. The van der Waals surface area contributed by atoms with Crippen LogP contribution in [0.1, 0.15) is 51.2 Å². The zero-order valence-electron chi connectivity index (χ0n) is 13.5. The lowest BCUT2D eigenvalue weighted by Crippen LogP contribution is -2.33. The minimum atomic E-state index is -3.46. The molecule has 0 aromatic heterocycles. The average molecular weight is 312 g/mol. The number of aryl methyl sites for hydroxylation is 1. The third-order valence-corrected chi connectivity index (χ3v) is 5.29. The molecule has 1 unspecified atom stereocenters. The van der Waals surface area contributed by atoms with E-state index in [0.29, 0.717) is 17.4 Å². The largest absolute Gasteiger partial charge is 0.326 e. The molecular formula is C16H28N2O2S. The summed E-state index contributed by atoms with van der Waals surface area (Å²) in [6, 6.07) is 5.19. The van der Waals surface area contributed by atoms with E-state index in [2.05, 4.69) is 18.6 Å². The van der Waals surface area contributed by atoms with Gasteiger partial charge in [-0.25, -0.2) is 13.1 Å². The predicted octanol–water partition coefficient (Wildman–Crippen LogP) is 2.95. The second kappa shape index (κ2) is 7.92. The van der Waals surface area contributed by atoms with Crippen molar-refractivity contribution in [1.82, 2.24) is 4.72 Å².